The van der Waals surface area contributed by atoms with Gasteiger partial charge in [0.05, 0.1) is 27.0 Å². The van der Waals surface area contributed by atoms with Crippen molar-refractivity contribution in [1.82, 2.24) is 19.5 Å². The molecule has 0 radical (unpaired) electrons. The summed E-state index contributed by atoms with van der Waals surface area (Å²) < 4.78 is 28.4. The molecule has 2 aromatic heterocycles. The predicted octanol–water partition coefficient (Wildman–Crippen LogP) is 2.27. The maximum absolute atomic E-state index is 12.3. The van der Waals surface area contributed by atoms with Gasteiger partial charge in [0, 0.05) is 12.6 Å². The average Bonchev–Trinajstić information content (AvgIpc) is 2.95. The van der Waals surface area contributed by atoms with Gasteiger partial charge in [0.15, 0.2) is 0 Å². The number of aryl methyl sites for hydroxylation is 3. The molecule has 27 heavy (non-hydrogen) atoms. The largest absolute Gasteiger partial charge is 0.268 e. The first kappa shape index (κ1) is 19.4. The second kappa shape index (κ2) is 7.71. The first-order valence-electron chi connectivity index (χ1n) is 8.35. The minimum absolute atomic E-state index is 0.0628. The summed E-state index contributed by atoms with van der Waals surface area (Å²) in [5.74, 6) is 0. The Kier molecular flexibility index (Phi) is 5.54. The van der Waals surface area contributed by atoms with Gasteiger partial charge >= 0.3 is 0 Å². The molecule has 3 aromatic rings. The second-order valence-corrected chi connectivity index (χ2v) is 9.11. The van der Waals surface area contributed by atoms with Gasteiger partial charge in [-0.3, -0.25) is 4.79 Å². The van der Waals surface area contributed by atoms with Crippen LogP contribution in [0.25, 0.3) is 10.6 Å². The van der Waals surface area contributed by atoms with Gasteiger partial charge in [-0.05, 0) is 39.0 Å². The molecule has 0 aliphatic carbocycles. The number of rotatable bonds is 6. The minimum Gasteiger partial charge on any atom is -0.268 e. The number of sulfonamides is 1. The van der Waals surface area contributed by atoms with E-state index in [-0.39, 0.29) is 23.5 Å². The maximum Gasteiger partial charge on any atom is 0.266 e. The van der Waals surface area contributed by atoms with Crippen LogP contribution in [0.2, 0.25) is 0 Å². The molecule has 7 nitrogen and oxygen atoms in total. The van der Waals surface area contributed by atoms with Crippen molar-refractivity contribution in [2.24, 2.45) is 0 Å². The molecule has 0 spiro atoms. The third-order valence-corrected chi connectivity index (χ3v) is 6.52. The number of nitrogens with one attached hydrogen (secondary N) is 1. The van der Waals surface area contributed by atoms with Gasteiger partial charge in [-0.1, -0.05) is 17.7 Å². The van der Waals surface area contributed by atoms with Crippen molar-refractivity contribution in [3.05, 3.63) is 63.0 Å². The summed E-state index contributed by atoms with van der Waals surface area (Å²) in [6.07, 6.45) is 0. The fourth-order valence-electron chi connectivity index (χ4n) is 2.59. The van der Waals surface area contributed by atoms with Gasteiger partial charge in [0.1, 0.15) is 5.69 Å². The van der Waals surface area contributed by atoms with Gasteiger partial charge in [-0.25, -0.2) is 22.8 Å². The summed E-state index contributed by atoms with van der Waals surface area (Å²) in [6, 6.07) is 9.68. The molecule has 0 unspecified atom stereocenters. The van der Waals surface area contributed by atoms with Crippen molar-refractivity contribution in [1.29, 1.82) is 0 Å². The van der Waals surface area contributed by atoms with Crippen LogP contribution in [0.4, 0.5) is 0 Å². The molecule has 0 fully saturated rings. The van der Waals surface area contributed by atoms with Crippen LogP contribution < -0.4 is 10.3 Å². The normalized spacial score (nSPS) is 11.7. The standard InChI is InChI=1S/C18H20N4O3S2/c1-12-4-6-15(7-5-12)27(24,25)19-10-11-22-17(23)9-8-16(21-22)18-13(2)20-14(3)26-18/h4-9,19H,10-11H2,1-3H3. The molecule has 0 bridgehead atoms. The lowest BCUT2D eigenvalue weighted by Crippen LogP contribution is -2.32. The SMILES string of the molecule is Cc1ccc(S(=O)(=O)NCCn2nc(-c3sc(C)nc3C)ccc2=O)cc1. The molecular weight excluding hydrogens is 384 g/mol. The molecule has 0 aliphatic heterocycles. The molecule has 0 amide bonds. The van der Waals surface area contributed by atoms with E-state index >= 15 is 0 Å². The molecule has 1 N–H and O–H groups in total. The van der Waals surface area contributed by atoms with Crippen molar-refractivity contribution in [3.63, 3.8) is 0 Å². The van der Waals surface area contributed by atoms with Crippen molar-refractivity contribution >= 4 is 21.4 Å². The van der Waals surface area contributed by atoms with E-state index in [9.17, 15) is 13.2 Å². The van der Waals surface area contributed by atoms with Gasteiger partial charge in [-0.15, -0.1) is 11.3 Å². The van der Waals surface area contributed by atoms with E-state index in [0.29, 0.717) is 5.69 Å². The van der Waals surface area contributed by atoms with Gasteiger partial charge in [-0.2, -0.15) is 5.10 Å². The molecule has 0 atom stereocenters. The number of thiazole rings is 1. The number of hydrogen-bond acceptors (Lipinski definition) is 6. The molecule has 0 saturated carbocycles. The van der Waals surface area contributed by atoms with Crippen molar-refractivity contribution in [3.8, 4) is 10.6 Å². The summed E-state index contributed by atoms with van der Waals surface area (Å²) >= 11 is 1.51. The Labute approximate surface area is 161 Å². The van der Waals surface area contributed by atoms with Crippen LogP contribution in [0.3, 0.4) is 0 Å². The predicted molar refractivity (Wildman–Crippen MR) is 105 cm³/mol. The Morgan fingerprint density at radius 3 is 2.41 bits per heavy atom. The van der Waals surface area contributed by atoms with Crippen molar-refractivity contribution in [2.75, 3.05) is 6.54 Å². The Balaban J connectivity index is 1.74. The first-order chi connectivity index (χ1) is 12.8. The molecule has 0 aliphatic rings. The van der Waals surface area contributed by atoms with Crippen LogP contribution in [0.15, 0.2) is 46.1 Å². The van der Waals surface area contributed by atoms with E-state index in [1.165, 1.54) is 22.1 Å². The highest BCUT2D eigenvalue weighted by Gasteiger charge is 2.14. The highest BCUT2D eigenvalue weighted by molar-refractivity contribution is 7.89. The Morgan fingerprint density at radius 1 is 1.07 bits per heavy atom. The fourth-order valence-corrected chi connectivity index (χ4v) is 4.49. The van der Waals surface area contributed by atoms with Crippen LogP contribution in [0.1, 0.15) is 16.3 Å². The smallest absolute Gasteiger partial charge is 0.266 e. The first-order valence-corrected chi connectivity index (χ1v) is 10.6. The van der Waals surface area contributed by atoms with E-state index in [1.54, 1.807) is 30.3 Å². The summed E-state index contributed by atoms with van der Waals surface area (Å²) in [4.78, 5) is 17.5. The molecule has 3 rings (SSSR count). The number of benzene rings is 1. The van der Waals surface area contributed by atoms with Crippen molar-refractivity contribution in [2.45, 2.75) is 32.2 Å². The van der Waals surface area contributed by atoms with E-state index in [0.717, 1.165) is 21.1 Å². The van der Waals surface area contributed by atoms with Crippen LogP contribution in [-0.4, -0.2) is 29.7 Å². The Hall–Kier alpha value is -2.36. The average molecular weight is 405 g/mol. The van der Waals surface area contributed by atoms with Gasteiger partial charge < -0.3 is 0 Å². The monoisotopic (exact) mass is 404 g/mol. The highest BCUT2D eigenvalue weighted by atomic mass is 32.2. The summed E-state index contributed by atoms with van der Waals surface area (Å²) in [7, 11) is -3.63. The van der Waals surface area contributed by atoms with Crippen molar-refractivity contribution < 1.29 is 8.42 Å². The molecular formula is C18H20N4O3S2. The second-order valence-electron chi connectivity index (χ2n) is 6.14. The third-order valence-electron chi connectivity index (χ3n) is 3.95. The topological polar surface area (TPSA) is 93.9 Å². The number of nitrogens with zero attached hydrogens (tertiary/aromatic N) is 3. The lowest BCUT2D eigenvalue weighted by Gasteiger charge is -2.09. The summed E-state index contributed by atoms with van der Waals surface area (Å²) in [6.45, 7) is 5.89. The van der Waals surface area contributed by atoms with Gasteiger partial charge in [0.2, 0.25) is 10.0 Å². The number of hydrogen-bond donors (Lipinski definition) is 1. The summed E-state index contributed by atoms with van der Waals surface area (Å²) in [5, 5.41) is 5.28. The van der Waals surface area contributed by atoms with E-state index in [4.69, 9.17) is 0 Å². The van der Waals surface area contributed by atoms with E-state index in [1.807, 2.05) is 20.8 Å². The van der Waals surface area contributed by atoms with E-state index in [2.05, 4.69) is 14.8 Å². The fraction of sp³-hybridized carbons (Fsp3) is 0.278. The van der Waals surface area contributed by atoms with Crippen LogP contribution in [-0.2, 0) is 16.6 Å². The number of aromatic nitrogens is 3. The Bertz CT molecular complexity index is 1120. The zero-order valence-electron chi connectivity index (χ0n) is 15.3. The van der Waals surface area contributed by atoms with Crippen LogP contribution in [0, 0.1) is 20.8 Å². The molecule has 1 aromatic carbocycles. The Morgan fingerprint density at radius 2 is 1.78 bits per heavy atom. The lowest BCUT2D eigenvalue weighted by atomic mass is 10.2. The zero-order chi connectivity index (χ0) is 19.6. The highest BCUT2D eigenvalue weighted by Crippen LogP contribution is 2.27. The molecule has 2 heterocycles. The van der Waals surface area contributed by atoms with Gasteiger partial charge in [0.25, 0.3) is 5.56 Å². The minimum atomic E-state index is -3.63. The summed E-state index contributed by atoms with van der Waals surface area (Å²) in [5.41, 5.74) is 2.21. The molecule has 0 saturated heterocycles. The quantitative estimate of drug-likeness (QED) is 0.680. The lowest BCUT2D eigenvalue weighted by molar-refractivity contribution is 0.549. The van der Waals surface area contributed by atoms with E-state index < -0.39 is 10.0 Å². The maximum atomic E-state index is 12.3. The zero-order valence-corrected chi connectivity index (χ0v) is 16.9. The van der Waals surface area contributed by atoms with Crippen LogP contribution in [0.5, 0.6) is 0 Å². The third kappa shape index (κ3) is 4.49. The van der Waals surface area contributed by atoms with Crippen LogP contribution >= 0.6 is 11.3 Å². The molecule has 9 heteroatoms. The molecule has 142 valence electrons.